The third kappa shape index (κ3) is 3.27. The molecule has 30 heavy (non-hydrogen) atoms. The summed E-state index contributed by atoms with van der Waals surface area (Å²) in [5.41, 5.74) is 4.84. The van der Waals surface area contributed by atoms with Crippen molar-refractivity contribution in [2.45, 2.75) is 18.4 Å². The number of amides is 1. The topological polar surface area (TPSA) is 81.4 Å². The Balaban J connectivity index is 0.00000256. The molecule has 2 atom stereocenters. The lowest BCUT2D eigenvalue weighted by atomic mass is 9.74. The van der Waals surface area contributed by atoms with Crippen LogP contribution >= 0.6 is 23.7 Å². The summed E-state index contributed by atoms with van der Waals surface area (Å²) >= 11 is 1.33. The Bertz CT molecular complexity index is 1100. The van der Waals surface area contributed by atoms with E-state index in [0.717, 1.165) is 6.07 Å². The second kappa shape index (κ2) is 8.14. The van der Waals surface area contributed by atoms with E-state index in [0.29, 0.717) is 16.0 Å². The van der Waals surface area contributed by atoms with Crippen LogP contribution in [0.5, 0.6) is 5.75 Å². The van der Waals surface area contributed by atoms with Crippen molar-refractivity contribution in [3.8, 4) is 5.75 Å². The van der Waals surface area contributed by atoms with Crippen molar-refractivity contribution in [2.24, 2.45) is 5.73 Å². The fraction of sp³-hybridized carbons (Fsp3) is 0.143. The van der Waals surface area contributed by atoms with Gasteiger partial charge in [-0.15, -0.1) is 23.7 Å². The standard InChI is InChI=1S/C21H16F2N2O3S.ClH/c1-11(24)19(26)28-13-6-4-12(5-7-13)21(16-3-2-10-29-16)14-8-9-15(22)17(23)18(14)25-20(21)27;/h2-11H,24H2,1H3,(H,25,27);1H. The molecule has 3 aromatic rings. The minimum Gasteiger partial charge on any atom is -0.425 e. The van der Waals surface area contributed by atoms with Crippen molar-refractivity contribution in [1.29, 1.82) is 0 Å². The van der Waals surface area contributed by atoms with Crippen molar-refractivity contribution in [3.05, 3.63) is 81.5 Å². The van der Waals surface area contributed by atoms with E-state index < -0.39 is 35.0 Å². The summed E-state index contributed by atoms with van der Waals surface area (Å²) < 4.78 is 33.3. The molecule has 1 aromatic heterocycles. The monoisotopic (exact) mass is 450 g/mol. The zero-order valence-corrected chi connectivity index (χ0v) is 17.3. The zero-order chi connectivity index (χ0) is 20.8. The maximum atomic E-state index is 14.4. The highest BCUT2D eigenvalue weighted by atomic mass is 35.5. The molecule has 3 N–H and O–H groups in total. The highest BCUT2D eigenvalue weighted by Gasteiger charge is 2.51. The number of esters is 1. The normalized spacial score (nSPS) is 18.2. The van der Waals surface area contributed by atoms with E-state index in [-0.39, 0.29) is 23.8 Å². The van der Waals surface area contributed by atoms with Crippen LogP contribution in [0.3, 0.4) is 0 Å². The molecule has 0 bridgehead atoms. The molecule has 1 amide bonds. The number of thiophene rings is 1. The van der Waals surface area contributed by atoms with Gasteiger partial charge in [0.15, 0.2) is 11.6 Å². The number of hydrogen-bond acceptors (Lipinski definition) is 5. The van der Waals surface area contributed by atoms with Gasteiger partial charge in [-0.1, -0.05) is 24.3 Å². The molecule has 1 aliphatic rings. The van der Waals surface area contributed by atoms with Gasteiger partial charge in [-0.05, 0) is 42.1 Å². The Morgan fingerprint density at radius 2 is 1.87 bits per heavy atom. The molecule has 0 radical (unpaired) electrons. The Hall–Kier alpha value is -2.81. The molecule has 0 fully saturated rings. The smallest absolute Gasteiger partial charge is 0.328 e. The lowest BCUT2D eigenvalue weighted by Crippen LogP contribution is -2.36. The van der Waals surface area contributed by atoms with E-state index in [9.17, 15) is 18.4 Å². The highest BCUT2D eigenvalue weighted by Crippen LogP contribution is 2.50. The first kappa shape index (κ1) is 21.9. The molecule has 4 rings (SSSR count). The first-order valence-corrected chi connectivity index (χ1v) is 9.65. The van der Waals surface area contributed by atoms with Gasteiger partial charge in [0.25, 0.3) is 0 Å². The predicted molar refractivity (Wildman–Crippen MR) is 112 cm³/mol. The number of fused-ring (bicyclic) bond motifs is 1. The van der Waals surface area contributed by atoms with Crippen molar-refractivity contribution in [1.82, 2.24) is 0 Å². The fourth-order valence-corrected chi connectivity index (χ4v) is 4.42. The molecule has 0 saturated heterocycles. The third-order valence-electron chi connectivity index (χ3n) is 4.85. The molecular weight excluding hydrogens is 434 g/mol. The van der Waals surface area contributed by atoms with Crippen molar-refractivity contribution in [2.75, 3.05) is 5.32 Å². The average molecular weight is 451 g/mol. The second-order valence-electron chi connectivity index (χ2n) is 6.70. The number of ether oxygens (including phenoxy) is 1. The van der Waals surface area contributed by atoms with E-state index >= 15 is 0 Å². The van der Waals surface area contributed by atoms with E-state index in [2.05, 4.69) is 5.32 Å². The van der Waals surface area contributed by atoms with Crippen molar-refractivity contribution < 1.29 is 23.1 Å². The van der Waals surface area contributed by atoms with Gasteiger partial charge in [0.2, 0.25) is 5.91 Å². The minimum atomic E-state index is -1.35. The molecule has 9 heteroatoms. The van der Waals surface area contributed by atoms with Gasteiger partial charge in [-0.25, -0.2) is 13.6 Å². The molecule has 5 nitrogen and oxygen atoms in total. The Labute approximate surface area is 181 Å². The Morgan fingerprint density at radius 3 is 2.47 bits per heavy atom. The summed E-state index contributed by atoms with van der Waals surface area (Å²) in [4.78, 5) is 25.5. The second-order valence-corrected chi connectivity index (χ2v) is 7.65. The van der Waals surface area contributed by atoms with E-state index in [1.54, 1.807) is 29.6 Å². The SMILES string of the molecule is CC(N)C(=O)Oc1ccc(C2(c3cccs3)C(=O)Nc3c2ccc(F)c3F)cc1.Cl. The molecule has 2 aromatic carbocycles. The number of carbonyl (C=O) groups excluding carboxylic acids is 2. The van der Waals surface area contributed by atoms with E-state index in [1.807, 2.05) is 0 Å². The first-order valence-electron chi connectivity index (χ1n) is 8.77. The van der Waals surface area contributed by atoms with Crippen LogP contribution in [0.15, 0.2) is 53.9 Å². The van der Waals surface area contributed by atoms with Crippen LogP contribution in [0.2, 0.25) is 0 Å². The zero-order valence-electron chi connectivity index (χ0n) is 15.6. The molecule has 0 aliphatic carbocycles. The van der Waals surface area contributed by atoms with Gasteiger partial charge in [0.05, 0.1) is 5.69 Å². The summed E-state index contributed by atoms with van der Waals surface area (Å²) in [6.45, 7) is 1.51. The molecular formula is C21H17ClF2N2O3S. The van der Waals surface area contributed by atoms with Gasteiger partial charge in [-0.2, -0.15) is 0 Å². The van der Waals surface area contributed by atoms with Crippen LogP contribution in [0, 0.1) is 11.6 Å². The molecule has 2 heterocycles. The largest absolute Gasteiger partial charge is 0.425 e. The number of rotatable bonds is 4. The number of anilines is 1. The maximum absolute atomic E-state index is 14.4. The predicted octanol–water partition coefficient (Wildman–Crippen LogP) is 3.99. The quantitative estimate of drug-likeness (QED) is 0.465. The lowest BCUT2D eigenvalue weighted by molar-refractivity contribution is -0.135. The van der Waals surface area contributed by atoms with Gasteiger partial charge >= 0.3 is 5.97 Å². The molecule has 0 saturated carbocycles. The maximum Gasteiger partial charge on any atom is 0.328 e. The van der Waals surface area contributed by atoms with Crippen LogP contribution in [0.4, 0.5) is 14.5 Å². The first-order chi connectivity index (χ1) is 13.9. The van der Waals surface area contributed by atoms with Gasteiger partial charge in [-0.3, -0.25) is 4.79 Å². The van der Waals surface area contributed by atoms with E-state index in [1.165, 1.54) is 36.5 Å². The fourth-order valence-electron chi connectivity index (χ4n) is 3.46. The number of nitrogens with one attached hydrogen (secondary N) is 1. The van der Waals surface area contributed by atoms with E-state index in [4.69, 9.17) is 10.5 Å². The van der Waals surface area contributed by atoms with Gasteiger partial charge < -0.3 is 15.8 Å². The number of carbonyl (C=O) groups is 2. The summed E-state index contributed by atoms with van der Waals surface area (Å²) in [5, 5.41) is 4.30. The van der Waals surface area contributed by atoms with Crippen LogP contribution in [-0.4, -0.2) is 17.9 Å². The average Bonchev–Trinajstić information content (AvgIpc) is 3.32. The molecule has 156 valence electrons. The third-order valence-corrected chi connectivity index (χ3v) is 5.84. The van der Waals surface area contributed by atoms with Crippen molar-refractivity contribution in [3.63, 3.8) is 0 Å². The van der Waals surface area contributed by atoms with Crippen LogP contribution in [0.25, 0.3) is 0 Å². The summed E-state index contributed by atoms with van der Waals surface area (Å²) in [6.07, 6.45) is 0. The lowest BCUT2D eigenvalue weighted by Gasteiger charge is -2.27. The summed E-state index contributed by atoms with van der Waals surface area (Å²) in [7, 11) is 0. The number of benzene rings is 2. The minimum absolute atomic E-state index is 0. The summed E-state index contributed by atoms with van der Waals surface area (Å²) in [5.74, 6) is -2.95. The van der Waals surface area contributed by atoms with Crippen LogP contribution < -0.4 is 15.8 Å². The van der Waals surface area contributed by atoms with Crippen LogP contribution in [-0.2, 0) is 15.0 Å². The Kier molecular flexibility index (Phi) is 5.94. The number of halogens is 3. The molecule has 1 aliphatic heterocycles. The Morgan fingerprint density at radius 1 is 1.17 bits per heavy atom. The highest BCUT2D eigenvalue weighted by molar-refractivity contribution is 7.10. The van der Waals surface area contributed by atoms with Gasteiger partial charge in [0.1, 0.15) is 17.2 Å². The number of hydrogen-bond donors (Lipinski definition) is 2. The summed E-state index contributed by atoms with van der Waals surface area (Å²) in [6, 6.07) is 11.5. The molecule has 2 unspecified atom stereocenters. The number of nitrogens with two attached hydrogens (primary N) is 1. The van der Waals surface area contributed by atoms with Crippen LogP contribution in [0.1, 0.15) is 22.9 Å². The van der Waals surface area contributed by atoms with Crippen molar-refractivity contribution >= 4 is 41.3 Å². The molecule has 0 spiro atoms. The van der Waals surface area contributed by atoms with Gasteiger partial charge in [0, 0.05) is 10.4 Å².